The van der Waals surface area contributed by atoms with Crippen molar-refractivity contribution in [2.24, 2.45) is 0 Å². The summed E-state index contributed by atoms with van der Waals surface area (Å²) in [5, 5.41) is 2.17. The Morgan fingerprint density at radius 1 is 0.815 bits per heavy atom. The highest BCUT2D eigenvalue weighted by Gasteiger charge is 2.13. The molecule has 0 saturated carbocycles. The minimum absolute atomic E-state index is 0.115. The number of ketones is 1. The monoisotopic (exact) mass is 364 g/mol. The molecule has 138 valence electrons. The van der Waals surface area contributed by atoms with E-state index in [2.05, 4.69) is 0 Å². The Morgan fingerprint density at radius 2 is 1.56 bits per heavy atom. The normalized spacial score (nSPS) is 10.4. The van der Waals surface area contributed by atoms with Gasteiger partial charge >= 0.3 is 5.97 Å². The van der Waals surface area contributed by atoms with E-state index >= 15 is 0 Å². The molecule has 0 bridgehead atoms. The molecular formula is C22H20O5. The van der Waals surface area contributed by atoms with E-state index in [0.717, 1.165) is 16.3 Å². The quantitative estimate of drug-likeness (QED) is 0.471. The summed E-state index contributed by atoms with van der Waals surface area (Å²) in [4.78, 5) is 24.4. The molecule has 3 aromatic carbocycles. The molecule has 0 amide bonds. The zero-order valence-corrected chi connectivity index (χ0v) is 15.2. The third-order valence-electron chi connectivity index (χ3n) is 4.23. The Kier molecular flexibility index (Phi) is 5.71. The molecule has 0 saturated heterocycles. The molecule has 0 aliphatic carbocycles. The third kappa shape index (κ3) is 4.44. The van der Waals surface area contributed by atoms with Gasteiger partial charge in [0.25, 0.3) is 0 Å². The highest BCUT2D eigenvalue weighted by molar-refractivity contribution is 5.98. The second-order valence-electron chi connectivity index (χ2n) is 6.01. The van der Waals surface area contributed by atoms with Gasteiger partial charge in [-0.05, 0) is 34.5 Å². The van der Waals surface area contributed by atoms with Gasteiger partial charge in [-0.25, -0.2) is 0 Å². The SMILES string of the molecule is COc1ccc(C(=O)COC(=O)Cc2ccc3ccccc3c2)cc1OC. The summed E-state index contributed by atoms with van der Waals surface area (Å²) in [7, 11) is 3.02. The zero-order chi connectivity index (χ0) is 19.2. The maximum atomic E-state index is 12.3. The van der Waals surface area contributed by atoms with Crippen molar-refractivity contribution in [1.82, 2.24) is 0 Å². The summed E-state index contributed by atoms with van der Waals surface area (Å²) in [6.45, 7) is -0.318. The van der Waals surface area contributed by atoms with Gasteiger partial charge in [0, 0.05) is 5.56 Å². The van der Waals surface area contributed by atoms with E-state index in [1.807, 2.05) is 42.5 Å². The van der Waals surface area contributed by atoms with Crippen LogP contribution in [0.4, 0.5) is 0 Å². The van der Waals surface area contributed by atoms with Gasteiger partial charge in [0.15, 0.2) is 23.9 Å². The predicted molar refractivity (Wildman–Crippen MR) is 102 cm³/mol. The van der Waals surface area contributed by atoms with Gasteiger partial charge in [0.2, 0.25) is 0 Å². The lowest BCUT2D eigenvalue weighted by atomic mass is 10.1. The third-order valence-corrected chi connectivity index (χ3v) is 4.23. The topological polar surface area (TPSA) is 61.8 Å². The molecular weight excluding hydrogens is 344 g/mol. The number of esters is 1. The Labute approximate surface area is 157 Å². The minimum Gasteiger partial charge on any atom is -0.493 e. The first-order valence-electron chi connectivity index (χ1n) is 8.49. The highest BCUT2D eigenvalue weighted by Crippen LogP contribution is 2.27. The second kappa shape index (κ2) is 8.36. The van der Waals surface area contributed by atoms with Crippen LogP contribution in [0.3, 0.4) is 0 Å². The molecule has 0 unspecified atom stereocenters. The van der Waals surface area contributed by atoms with Gasteiger partial charge in [-0.15, -0.1) is 0 Å². The molecule has 0 spiro atoms. The van der Waals surface area contributed by atoms with E-state index in [0.29, 0.717) is 17.1 Å². The number of benzene rings is 3. The Balaban J connectivity index is 1.60. The zero-order valence-electron chi connectivity index (χ0n) is 15.2. The number of hydrogen-bond donors (Lipinski definition) is 0. The van der Waals surface area contributed by atoms with Crippen molar-refractivity contribution in [3.8, 4) is 11.5 Å². The van der Waals surface area contributed by atoms with Crippen LogP contribution in [0.25, 0.3) is 10.8 Å². The van der Waals surface area contributed by atoms with Crippen molar-refractivity contribution in [3.63, 3.8) is 0 Å². The van der Waals surface area contributed by atoms with E-state index < -0.39 is 5.97 Å². The minimum atomic E-state index is -0.445. The summed E-state index contributed by atoms with van der Waals surface area (Å²) in [5.74, 6) is 0.232. The number of Topliss-reactive ketones (excluding diaryl/α,β-unsaturated/α-hetero) is 1. The van der Waals surface area contributed by atoms with E-state index in [1.54, 1.807) is 18.2 Å². The first-order chi connectivity index (χ1) is 13.1. The van der Waals surface area contributed by atoms with Crippen LogP contribution in [-0.4, -0.2) is 32.6 Å². The highest BCUT2D eigenvalue weighted by atomic mass is 16.5. The lowest BCUT2D eigenvalue weighted by molar-refractivity contribution is -0.141. The number of rotatable bonds is 7. The Morgan fingerprint density at radius 3 is 2.30 bits per heavy atom. The molecule has 0 radical (unpaired) electrons. The number of ether oxygens (including phenoxy) is 3. The van der Waals surface area contributed by atoms with Crippen molar-refractivity contribution < 1.29 is 23.8 Å². The molecule has 0 aromatic heterocycles. The van der Waals surface area contributed by atoms with Gasteiger partial charge in [-0.3, -0.25) is 9.59 Å². The number of carbonyl (C=O) groups is 2. The Bertz CT molecular complexity index is 977. The molecule has 0 fully saturated rings. The average Bonchev–Trinajstić information content (AvgIpc) is 2.71. The predicted octanol–water partition coefficient (Wildman–Crippen LogP) is 3.83. The van der Waals surface area contributed by atoms with Crippen molar-refractivity contribution in [2.75, 3.05) is 20.8 Å². The summed E-state index contributed by atoms with van der Waals surface area (Å²) >= 11 is 0. The van der Waals surface area contributed by atoms with Gasteiger partial charge in [-0.1, -0.05) is 42.5 Å². The van der Waals surface area contributed by atoms with Crippen LogP contribution in [0, 0.1) is 0 Å². The van der Waals surface area contributed by atoms with Crippen LogP contribution in [0.5, 0.6) is 11.5 Å². The first kappa shape index (κ1) is 18.5. The standard InChI is InChI=1S/C22H20O5/c1-25-20-10-9-18(13-21(20)26-2)19(23)14-27-22(24)12-15-7-8-16-5-3-4-6-17(16)11-15/h3-11,13H,12,14H2,1-2H3. The first-order valence-corrected chi connectivity index (χ1v) is 8.49. The fourth-order valence-corrected chi connectivity index (χ4v) is 2.81. The smallest absolute Gasteiger partial charge is 0.310 e. The summed E-state index contributed by atoms with van der Waals surface area (Å²) in [5.41, 5.74) is 1.24. The van der Waals surface area contributed by atoms with Crippen LogP contribution < -0.4 is 9.47 Å². The Hall–Kier alpha value is -3.34. The summed E-state index contributed by atoms with van der Waals surface area (Å²) in [6.07, 6.45) is 0.115. The van der Waals surface area contributed by atoms with Gasteiger partial charge < -0.3 is 14.2 Å². The largest absolute Gasteiger partial charge is 0.493 e. The number of fused-ring (bicyclic) bond motifs is 1. The molecule has 0 aliphatic heterocycles. The maximum absolute atomic E-state index is 12.3. The molecule has 5 heteroatoms. The van der Waals surface area contributed by atoms with Crippen molar-refractivity contribution in [3.05, 3.63) is 71.8 Å². The number of carbonyl (C=O) groups excluding carboxylic acids is 2. The van der Waals surface area contributed by atoms with Crippen LogP contribution >= 0.6 is 0 Å². The van der Waals surface area contributed by atoms with E-state index in [9.17, 15) is 9.59 Å². The van der Waals surface area contributed by atoms with Gasteiger partial charge in [-0.2, -0.15) is 0 Å². The lowest BCUT2D eigenvalue weighted by Crippen LogP contribution is -2.15. The fraction of sp³-hybridized carbons (Fsp3) is 0.182. The molecule has 0 aliphatic rings. The molecule has 3 aromatic rings. The van der Waals surface area contributed by atoms with Crippen molar-refractivity contribution in [1.29, 1.82) is 0 Å². The molecule has 0 heterocycles. The molecule has 0 N–H and O–H groups in total. The van der Waals surface area contributed by atoms with Crippen LogP contribution in [0.15, 0.2) is 60.7 Å². The van der Waals surface area contributed by atoms with Gasteiger partial charge in [0.05, 0.1) is 20.6 Å². The van der Waals surface area contributed by atoms with E-state index in [-0.39, 0.29) is 18.8 Å². The van der Waals surface area contributed by atoms with Gasteiger partial charge in [0.1, 0.15) is 0 Å². The second-order valence-corrected chi connectivity index (χ2v) is 6.01. The summed E-state index contributed by atoms with van der Waals surface area (Å²) in [6, 6.07) is 18.5. The molecule has 27 heavy (non-hydrogen) atoms. The average molecular weight is 364 g/mol. The van der Waals surface area contributed by atoms with E-state index in [1.165, 1.54) is 14.2 Å². The number of hydrogen-bond acceptors (Lipinski definition) is 5. The molecule has 5 nitrogen and oxygen atoms in total. The van der Waals surface area contributed by atoms with Crippen LogP contribution in [0.1, 0.15) is 15.9 Å². The van der Waals surface area contributed by atoms with Crippen LogP contribution in [0.2, 0.25) is 0 Å². The van der Waals surface area contributed by atoms with Crippen molar-refractivity contribution in [2.45, 2.75) is 6.42 Å². The molecule has 3 rings (SSSR count). The maximum Gasteiger partial charge on any atom is 0.310 e. The lowest BCUT2D eigenvalue weighted by Gasteiger charge is -2.09. The number of methoxy groups -OCH3 is 2. The van der Waals surface area contributed by atoms with Crippen molar-refractivity contribution >= 4 is 22.5 Å². The van der Waals surface area contributed by atoms with Crippen LogP contribution in [-0.2, 0) is 16.0 Å². The fourth-order valence-electron chi connectivity index (χ4n) is 2.81. The summed E-state index contributed by atoms with van der Waals surface area (Å²) < 4.78 is 15.5. The van der Waals surface area contributed by atoms with E-state index in [4.69, 9.17) is 14.2 Å². The molecule has 0 atom stereocenters.